The number of carbonyl (C=O) groups is 1. The van der Waals surface area contributed by atoms with Crippen LogP contribution in [0, 0.1) is 0 Å². The second-order valence-corrected chi connectivity index (χ2v) is 13.0. The fourth-order valence-corrected chi connectivity index (χ4v) is 5.85. The van der Waals surface area contributed by atoms with Crippen molar-refractivity contribution in [3.05, 3.63) is 47.5 Å². The molecule has 3 heterocycles. The first kappa shape index (κ1) is 39.8. The van der Waals surface area contributed by atoms with Gasteiger partial charge in [0.25, 0.3) is 0 Å². The highest BCUT2D eigenvalue weighted by Crippen LogP contribution is 2.34. The summed E-state index contributed by atoms with van der Waals surface area (Å²) in [6.07, 6.45) is -14.8. The van der Waals surface area contributed by atoms with Gasteiger partial charge in [-0.3, -0.25) is 4.79 Å². The Morgan fingerprint density at radius 1 is 0.731 bits per heavy atom. The Labute approximate surface area is 296 Å². The zero-order chi connectivity index (χ0) is 37.8. The van der Waals surface area contributed by atoms with E-state index in [2.05, 4.69) is 0 Å². The molecule has 19 heteroatoms. The summed E-state index contributed by atoms with van der Waals surface area (Å²) in [6.45, 7) is -3.52. The van der Waals surface area contributed by atoms with E-state index in [1.54, 1.807) is 0 Å². The Hall–Kier alpha value is -3.41. The zero-order valence-electron chi connectivity index (χ0n) is 27.7. The number of aliphatic hydroxyl groups is 7. The molecule has 290 valence electrons. The second kappa shape index (κ2) is 16.7. The standard InChI is InChI=1S/C33H44O19/c34-12-32(44)14-48-30(27(32)42)47-11-22-25(51-23(40)6-3-16-1-4-18(36)20(38)9-16)26(52-31-28(43)33(45,13-35)15-49-31)24(41)29(50-22)46-8-7-17-2-5-19(37)21(39)10-17/h1-2,4-5,9-10,22,24-31,34-39,41-45H,3,6-8,11-15H2/t22-,24-,25-,26-,27+,28+,29-,30-,31-,32-,33-/m1/s1. The first-order chi connectivity index (χ1) is 24.7. The number of benzene rings is 2. The van der Waals surface area contributed by atoms with Crippen molar-refractivity contribution in [3.8, 4) is 23.0 Å². The molecule has 11 N–H and O–H groups in total. The number of aliphatic hydroxyl groups excluding tert-OH is 5. The molecule has 3 saturated heterocycles. The average molecular weight is 745 g/mol. The topological polar surface area (TPSA) is 304 Å². The molecule has 0 saturated carbocycles. The van der Waals surface area contributed by atoms with Crippen LogP contribution < -0.4 is 0 Å². The third kappa shape index (κ3) is 8.85. The maximum absolute atomic E-state index is 13.3. The number of phenolic OH excluding ortho intramolecular Hbond substituents is 4. The lowest BCUT2D eigenvalue weighted by molar-refractivity contribution is -0.335. The molecule has 11 atom stereocenters. The quantitative estimate of drug-likeness (QED) is 0.0639. The van der Waals surface area contributed by atoms with E-state index in [0.29, 0.717) is 11.1 Å². The molecule has 0 bridgehead atoms. The van der Waals surface area contributed by atoms with Crippen LogP contribution in [0.25, 0.3) is 0 Å². The molecule has 0 spiro atoms. The van der Waals surface area contributed by atoms with Crippen molar-refractivity contribution in [3.63, 3.8) is 0 Å². The van der Waals surface area contributed by atoms with E-state index in [0.717, 1.165) is 0 Å². The third-order valence-electron chi connectivity index (χ3n) is 9.13. The SMILES string of the molecule is O=C(CCc1ccc(O)c(O)c1)O[C@H]1[C@H](O[C@H]2OC[C@](O)(CO)[C@H]2O)[C@@H](O)[C@H](OCCc2ccc(O)c(O)c2)O[C@@H]1CO[C@@H]1OC[C@](O)(CO)[C@H]1O. The van der Waals surface area contributed by atoms with Gasteiger partial charge in [-0.1, -0.05) is 12.1 Å². The van der Waals surface area contributed by atoms with Crippen LogP contribution in [0.2, 0.25) is 0 Å². The Balaban J connectivity index is 1.38. The van der Waals surface area contributed by atoms with Gasteiger partial charge in [0.1, 0.15) is 41.7 Å². The van der Waals surface area contributed by atoms with Gasteiger partial charge in [0.05, 0.1) is 39.6 Å². The molecule has 2 aromatic carbocycles. The highest BCUT2D eigenvalue weighted by atomic mass is 16.8. The lowest BCUT2D eigenvalue weighted by Gasteiger charge is -2.44. The fourth-order valence-electron chi connectivity index (χ4n) is 5.85. The first-order valence-electron chi connectivity index (χ1n) is 16.4. The molecule has 52 heavy (non-hydrogen) atoms. The van der Waals surface area contributed by atoms with E-state index in [1.807, 2.05) is 0 Å². The molecule has 3 fully saturated rings. The van der Waals surface area contributed by atoms with Gasteiger partial charge in [-0.05, 0) is 48.2 Å². The summed E-state index contributed by atoms with van der Waals surface area (Å²) in [4.78, 5) is 13.3. The number of hydrogen-bond acceptors (Lipinski definition) is 19. The van der Waals surface area contributed by atoms with Gasteiger partial charge in [-0.15, -0.1) is 0 Å². The van der Waals surface area contributed by atoms with Crippen LogP contribution in [0.3, 0.4) is 0 Å². The van der Waals surface area contributed by atoms with Gasteiger partial charge in [0.2, 0.25) is 0 Å². The Morgan fingerprint density at radius 3 is 1.85 bits per heavy atom. The lowest BCUT2D eigenvalue weighted by Crippen LogP contribution is -2.63. The highest BCUT2D eigenvalue weighted by Gasteiger charge is 2.55. The molecule has 0 unspecified atom stereocenters. The Kier molecular flexibility index (Phi) is 12.8. The summed E-state index contributed by atoms with van der Waals surface area (Å²) in [7, 11) is 0. The van der Waals surface area contributed by atoms with Crippen molar-refractivity contribution in [2.45, 2.75) is 86.0 Å². The number of phenols is 4. The number of aryl methyl sites for hydroxylation is 1. The first-order valence-corrected chi connectivity index (χ1v) is 16.4. The molecule has 19 nitrogen and oxygen atoms in total. The number of rotatable bonds is 15. The van der Waals surface area contributed by atoms with Crippen LogP contribution in [0.1, 0.15) is 17.5 Å². The Bertz CT molecular complexity index is 1510. The molecule has 5 rings (SSSR count). The molecule has 0 radical (unpaired) electrons. The molecule has 0 amide bonds. The second-order valence-electron chi connectivity index (χ2n) is 13.0. The van der Waals surface area contributed by atoms with Gasteiger partial charge in [-0.2, -0.15) is 0 Å². The molecule has 2 aromatic rings. The van der Waals surface area contributed by atoms with Crippen LogP contribution >= 0.6 is 0 Å². The maximum atomic E-state index is 13.3. The van der Waals surface area contributed by atoms with Crippen molar-refractivity contribution >= 4 is 5.97 Å². The number of carbonyl (C=O) groups excluding carboxylic acids is 1. The zero-order valence-corrected chi connectivity index (χ0v) is 27.7. The number of aromatic hydroxyl groups is 4. The maximum Gasteiger partial charge on any atom is 0.306 e. The van der Waals surface area contributed by atoms with E-state index in [-0.39, 0.29) is 43.1 Å². The third-order valence-corrected chi connectivity index (χ3v) is 9.13. The van der Waals surface area contributed by atoms with Gasteiger partial charge in [-0.25, -0.2) is 0 Å². The molecule has 3 aliphatic rings. The van der Waals surface area contributed by atoms with E-state index < -0.39 is 111 Å². The highest BCUT2D eigenvalue weighted by molar-refractivity contribution is 5.70. The number of ether oxygens (including phenoxy) is 7. The lowest BCUT2D eigenvalue weighted by atomic mass is 9.97. The predicted octanol–water partition coefficient (Wildman–Crippen LogP) is -3.02. The summed E-state index contributed by atoms with van der Waals surface area (Å²) in [5.41, 5.74) is -3.17. The van der Waals surface area contributed by atoms with Crippen LogP contribution in [-0.2, 0) is 50.8 Å². The van der Waals surface area contributed by atoms with Gasteiger partial charge in [0.15, 0.2) is 48.0 Å². The minimum Gasteiger partial charge on any atom is -0.504 e. The predicted molar refractivity (Wildman–Crippen MR) is 168 cm³/mol. The minimum absolute atomic E-state index is 0.0316. The molecule has 3 aliphatic heterocycles. The van der Waals surface area contributed by atoms with Crippen molar-refractivity contribution < 1.29 is 94.1 Å². The van der Waals surface area contributed by atoms with Crippen LogP contribution in [0.4, 0.5) is 0 Å². The Morgan fingerprint density at radius 2 is 1.29 bits per heavy atom. The fraction of sp³-hybridized carbons (Fsp3) is 0.606. The number of esters is 1. The van der Waals surface area contributed by atoms with Crippen LogP contribution in [-0.4, -0.2) is 168 Å². The van der Waals surface area contributed by atoms with Crippen LogP contribution in [0.5, 0.6) is 23.0 Å². The summed E-state index contributed by atoms with van der Waals surface area (Å²) in [5, 5.41) is 112. The van der Waals surface area contributed by atoms with Gasteiger partial charge >= 0.3 is 5.97 Å². The normalized spacial score (nSPS) is 34.8. The van der Waals surface area contributed by atoms with Crippen LogP contribution in [0.15, 0.2) is 36.4 Å². The van der Waals surface area contributed by atoms with Crippen molar-refractivity contribution in [2.75, 3.05) is 39.6 Å². The molecular formula is C33H44O19. The van der Waals surface area contributed by atoms with E-state index >= 15 is 0 Å². The molecule has 0 aliphatic carbocycles. The van der Waals surface area contributed by atoms with E-state index in [1.165, 1.54) is 36.4 Å². The van der Waals surface area contributed by atoms with Crippen molar-refractivity contribution in [2.24, 2.45) is 0 Å². The summed E-state index contributed by atoms with van der Waals surface area (Å²) in [6, 6.07) is 8.06. The molecule has 0 aromatic heterocycles. The monoisotopic (exact) mass is 744 g/mol. The molecular weight excluding hydrogens is 700 g/mol. The largest absolute Gasteiger partial charge is 0.504 e. The summed E-state index contributed by atoms with van der Waals surface area (Å²) >= 11 is 0. The van der Waals surface area contributed by atoms with Gasteiger partial charge < -0.3 is 89.3 Å². The summed E-state index contributed by atoms with van der Waals surface area (Å²) in [5.74, 6) is -2.34. The smallest absolute Gasteiger partial charge is 0.306 e. The number of hydrogen-bond donors (Lipinski definition) is 11. The average Bonchev–Trinajstić information content (AvgIpc) is 3.58. The van der Waals surface area contributed by atoms with E-state index in [4.69, 9.17) is 33.2 Å². The minimum atomic E-state index is -2.13. The van der Waals surface area contributed by atoms with E-state index in [9.17, 15) is 61.0 Å². The van der Waals surface area contributed by atoms with Crippen molar-refractivity contribution in [1.29, 1.82) is 0 Å². The van der Waals surface area contributed by atoms with Crippen molar-refractivity contribution in [1.82, 2.24) is 0 Å². The summed E-state index contributed by atoms with van der Waals surface area (Å²) < 4.78 is 39.9. The van der Waals surface area contributed by atoms with Gasteiger partial charge in [0, 0.05) is 6.42 Å².